The van der Waals surface area contributed by atoms with Crippen LogP contribution in [0.3, 0.4) is 0 Å². The molecule has 1 aliphatic heterocycles. The van der Waals surface area contributed by atoms with E-state index in [0.717, 1.165) is 48.7 Å². The second-order valence-electron chi connectivity index (χ2n) is 9.18. The predicted octanol–water partition coefficient (Wildman–Crippen LogP) is 4.21. The van der Waals surface area contributed by atoms with Gasteiger partial charge in [-0.25, -0.2) is 4.98 Å². The molecule has 3 atom stereocenters. The number of carbonyl (C=O) groups is 1. The van der Waals surface area contributed by atoms with E-state index in [1.165, 1.54) is 12.7 Å². The summed E-state index contributed by atoms with van der Waals surface area (Å²) in [6.45, 7) is 4.12. The van der Waals surface area contributed by atoms with Crippen LogP contribution in [-0.2, 0) is 22.4 Å². The lowest BCUT2D eigenvalue weighted by Crippen LogP contribution is -2.26. The molecule has 2 fully saturated rings. The summed E-state index contributed by atoms with van der Waals surface area (Å²) in [4.78, 5) is 16.8. The van der Waals surface area contributed by atoms with Crippen molar-refractivity contribution >= 4 is 5.97 Å². The van der Waals surface area contributed by atoms with Gasteiger partial charge in [0.2, 0.25) is 5.89 Å². The Morgan fingerprint density at radius 2 is 1.97 bits per heavy atom. The molecule has 0 radical (unpaired) electrons. The topological polar surface area (TPSA) is 73.6 Å². The highest BCUT2D eigenvalue weighted by molar-refractivity contribution is 5.75. The van der Waals surface area contributed by atoms with Crippen LogP contribution in [0, 0.1) is 24.2 Å². The number of aryl methyl sites for hydroxylation is 1. The summed E-state index contributed by atoms with van der Waals surface area (Å²) in [6.07, 6.45) is 2.76. The number of esters is 1. The van der Waals surface area contributed by atoms with E-state index in [-0.39, 0.29) is 17.3 Å². The molecule has 1 aromatic heterocycles. The summed E-state index contributed by atoms with van der Waals surface area (Å²) in [5, 5.41) is 3.38. The molecule has 5 rings (SSSR count). The average Bonchev–Trinajstić information content (AvgIpc) is 3.15. The molecule has 2 heterocycles. The van der Waals surface area contributed by atoms with Crippen LogP contribution in [0.25, 0.3) is 11.5 Å². The van der Waals surface area contributed by atoms with Crippen LogP contribution in [0.15, 0.2) is 59.0 Å². The molecule has 2 aromatic carbocycles. The molecule has 172 valence electrons. The summed E-state index contributed by atoms with van der Waals surface area (Å²) in [7, 11) is 1.48. The molecular formula is C27H30N2O4. The Hall–Kier alpha value is -3.12. The molecule has 1 aliphatic carbocycles. The molecule has 0 unspecified atom stereocenters. The number of ether oxygens (including phenoxy) is 2. The van der Waals surface area contributed by atoms with E-state index in [4.69, 9.17) is 13.9 Å². The Balaban J connectivity index is 1.13. The van der Waals surface area contributed by atoms with E-state index < -0.39 is 0 Å². The van der Waals surface area contributed by atoms with Gasteiger partial charge >= 0.3 is 5.97 Å². The molecule has 1 saturated heterocycles. The third-order valence-corrected chi connectivity index (χ3v) is 7.19. The number of carbonyl (C=O) groups excluding carboxylic acids is 1. The van der Waals surface area contributed by atoms with Gasteiger partial charge in [-0.05, 0) is 55.5 Å². The maximum absolute atomic E-state index is 12.1. The number of methoxy groups -OCH3 is 1. The molecule has 1 N–H and O–H groups in total. The Labute approximate surface area is 194 Å². The quantitative estimate of drug-likeness (QED) is 0.523. The zero-order valence-electron chi connectivity index (χ0n) is 19.2. The van der Waals surface area contributed by atoms with Crippen molar-refractivity contribution in [2.24, 2.45) is 17.3 Å². The number of hydrogen-bond acceptors (Lipinski definition) is 6. The summed E-state index contributed by atoms with van der Waals surface area (Å²) in [5.41, 5.74) is 3.26. The first-order valence-electron chi connectivity index (χ1n) is 11.6. The van der Waals surface area contributed by atoms with Crippen molar-refractivity contribution in [3.63, 3.8) is 0 Å². The van der Waals surface area contributed by atoms with Crippen LogP contribution in [0.5, 0.6) is 5.75 Å². The normalized spacial score (nSPS) is 23.6. The van der Waals surface area contributed by atoms with Crippen molar-refractivity contribution in [2.45, 2.75) is 26.2 Å². The van der Waals surface area contributed by atoms with Crippen LogP contribution in [0.1, 0.15) is 23.4 Å². The number of nitrogens with one attached hydrogen (secondary N) is 1. The zero-order valence-corrected chi connectivity index (χ0v) is 19.2. The van der Waals surface area contributed by atoms with Crippen molar-refractivity contribution in [1.29, 1.82) is 0 Å². The maximum Gasteiger partial charge on any atom is 0.310 e. The molecule has 1 spiro atoms. The Kier molecular flexibility index (Phi) is 5.94. The van der Waals surface area contributed by atoms with E-state index in [9.17, 15) is 4.79 Å². The van der Waals surface area contributed by atoms with Gasteiger partial charge in [-0.3, -0.25) is 4.79 Å². The number of nitrogens with zero attached hydrogens (tertiary/aromatic N) is 1. The Morgan fingerprint density at radius 1 is 1.18 bits per heavy atom. The monoisotopic (exact) mass is 446 g/mol. The molecule has 1 saturated carbocycles. The molecule has 6 heteroatoms. The summed E-state index contributed by atoms with van der Waals surface area (Å²) >= 11 is 0. The first-order chi connectivity index (χ1) is 16.1. The molecular weight excluding hydrogens is 416 g/mol. The fraction of sp³-hybridized carbons (Fsp3) is 0.407. The van der Waals surface area contributed by atoms with Crippen LogP contribution >= 0.6 is 0 Å². The lowest BCUT2D eigenvalue weighted by atomic mass is 9.88. The molecule has 0 bridgehead atoms. The van der Waals surface area contributed by atoms with Gasteiger partial charge in [0.15, 0.2) is 0 Å². The van der Waals surface area contributed by atoms with Crippen molar-refractivity contribution < 1.29 is 18.7 Å². The highest BCUT2D eigenvalue weighted by Crippen LogP contribution is 2.60. The van der Waals surface area contributed by atoms with E-state index in [1.54, 1.807) is 0 Å². The molecule has 33 heavy (non-hydrogen) atoms. The largest absolute Gasteiger partial charge is 0.493 e. The van der Waals surface area contributed by atoms with Crippen molar-refractivity contribution in [1.82, 2.24) is 10.3 Å². The number of aromatic nitrogens is 1. The second-order valence-corrected chi connectivity index (χ2v) is 9.18. The smallest absolute Gasteiger partial charge is 0.310 e. The van der Waals surface area contributed by atoms with Gasteiger partial charge in [0.25, 0.3) is 0 Å². The summed E-state index contributed by atoms with van der Waals surface area (Å²) in [6, 6.07) is 18.2. The van der Waals surface area contributed by atoms with E-state index in [1.807, 2.05) is 49.4 Å². The van der Waals surface area contributed by atoms with Crippen LogP contribution in [0.2, 0.25) is 0 Å². The second kappa shape index (κ2) is 9.02. The summed E-state index contributed by atoms with van der Waals surface area (Å²) in [5.74, 6) is 2.76. The highest BCUT2D eigenvalue weighted by atomic mass is 16.5. The van der Waals surface area contributed by atoms with Gasteiger partial charge in [0, 0.05) is 30.5 Å². The van der Waals surface area contributed by atoms with E-state index >= 15 is 0 Å². The third kappa shape index (κ3) is 4.40. The van der Waals surface area contributed by atoms with Crippen molar-refractivity contribution in [3.8, 4) is 17.2 Å². The zero-order chi connectivity index (χ0) is 22.8. The fourth-order valence-corrected chi connectivity index (χ4v) is 5.19. The lowest BCUT2D eigenvalue weighted by Gasteiger charge is -2.16. The molecule has 6 nitrogen and oxygen atoms in total. The highest BCUT2D eigenvalue weighted by Gasteiger charge is 2.63. The van der Waals surface area contributed by atoms with Gasteiger partial charge in [0.1, 0.15) is 11.5 Å². The lowest BCUT2D eigenvalue weighted by molar-refractivity contribution is -0.146. The number of rotatable bonds is 8. The summed E-state index contributed by atoms with van der Waals surface area (Å²) < 4.78 is 16.8. The van der Waals surface area contributed by atoms with Crippen LogP contribution in [0.4, 0.5) is 0 Å². The minimum Gasteiger partial charge on any atom is -0.493 e. The third-order valence-electron chi connectivity index (χ3n) is 7.19. The number of oxazole rings is 1. The molecule has 3 aromatic rings. The minimum atomic E-state index is -0.0792. The van der Waals surface area contributed by atoms with Gasteiger partial charge < -0.3 is 19.2 Å². The van der Waals surface area contributed by atoms with Gasteiger partial charge in [0.05, 0.1) is 25.3 Å². The minimum absolute atomic E-state index is 0.0162. The SMILES string of the molecule is COC(=O)[C@H]1CNC[C@@]12C[C@H]2Cc1ccc(OCCc2nc(-c3ccccc3)oc2C)cc1. The predicted molar refractivity (Wildman–Crippen MR) is 125 cm³/mol. The van der Waals surface area contributed by atoms with E-state index in [0.29, 0.717) is 24.8 Å². The maximum atomic E-state index is 12.1. The van der Waals surface area contributed by atoms with Crippen LogP contribution in [-0.4, -0.2) is 37.8 Å². The van der Waals surface area contributed by atoms with Gasteiger partial charge in [-0.15, -0.1) is 0 Å². The molecule has 2 aliphatic rings. The van der Waals surface area contributed by atoms with Crippen LogP contribution < -0.4 is 10.1 Å². The number of hydrogen-bond donors (Lipinski definition) is 1. The standard InChI is InChI=1S/C27H30N2O4/c1-18-24(29-25(33-18)20-6-4-3-5-7-20)12-13-32-22-10-8-19(9-11-22)14-21-15-27(21)17-28-16-23(27)26(30)31-2/h3-11,21,23,28H,12-17H2,1-2H3/t21-,23-,27-/m1/s1. The Bertz CT molecular complexity index is 1110. The van der Waals surface area contributed by atoms with Gasteiger partial charge in [-0.1, -0.05) is 30.3 Å². The van der Waals surface area contributed by atoms with E-state index in [2.05, 4.69) is 22.4 Å². The fourth-order valence-electron chi connectivity index (χ4n) is 5.19. The van der Waals surface area contributed by atoms with Gasteiger partial charge in [-0.2, -0.15) is 0 Å². The number of benzene rings is 2. The first-order valence-corrected chi connectivity index (χ1v) is 11.6. The first kappa shape index (κ1) is 21.7. The molecule has 0 amide bonds. The van der Waals surface area contributed by atoms with Crippen molar-refractivity contribution in [2.75, 3.05) is 26.8 Å². The van der Waals surface area contributed by atoms with Crippen molar-refractivity contribution in [3.05, 3.63) is 71.6 Å². The average molecular weight is 447 g/mol. The Morgan fingerprint density at radius 3 is 2.73 bits per heavy atom.